The van der Waals surface area contributed by atoms with E-state index >= 15 is 0 Å². The number of anilines is 1. The van der Waals surface area contributed by atoms with Crippen LogP contribution in [0, 0.1) is 22.3 Å². The standard InChI is InChI=1S/C20H16F5N3O2S2/c1-19(20(23,24)25)8-12(11-3-4-13(21)15(22)16(11)30-2)17(32-19)18(29)28-10-5-6-27-14(7-10)31-9-26/h3-7,12,17H,8H2,1-2H3,(H,27,28,29)/t12-,17+,19+/m0/s1. The molecule has 0 aliphatic carbocycles. The third kappa shape index (κ3) is 4.63. The fraction of sp³-hybridized carbons (Fsp3) is 0.350. The zero-order chi connectivity index (χ0) is 23.7. The summed E-state index contributed by atoms with van der Waals surface area (Å²) in [6.45, 7) is 0.971. The van der Waals surface area contributed by atoms with Crippen molar-refractivity contribution in [1.29, 1.82) is 5.26 Å². The number of hydrogen-bond donors (Lipinski definition) is 1. The summed E-state index contributed by atoms with van der Waals surface area (Å²) in [6.07, 6.45) is -3.84. The van der Waals surface area contributed by atoms with E-state index in [0.717, 1.165) is 37.9 Å². The van der Waals surface area contributed by atoms with E-state index in [1.54, 1.807) is 0 Å². The third-order valence-corrected chi connectivity index (χ3v) is 7.30. The number of nitrogens with one attached hydrogen (secondary N) is 1. The first-order valence-electron chi connectivity index (χ1n) is 9.10. The molecule has 1 amide bonds. The molecule has 2 heterocycles. The number of amides is 1. The maximum Gasteiger partial charge on any atom is 0.403 e. The Morgan fingerprint density at radius 1 is 1.38 bits per heavy atom. The Morgan fingerprint density at radius 3 is 2.72 bits per heavy atom. The van der Waals surface area contributed by atoms with Gasteiger partial charge in [-0.25, -0.2) is 9.37 Å². The molecule has 1 aromatic heterocycles. The van der Waals surface area contributed by atoms with Crippen LogP contribution < -0.4 is 10.1 Å². The lowest BCUT2D eigenvalue weighted by Crippen LogP contribution is -2.37. The number of hydrogen-bond acceptors (Lipinski definition) is 6. The van der Waals surface area contributed by atoms with E-state index in [1.807, 2.05) is 5.40 Å². The zero-order valence-electron chi connectivity index (χ0n) is 16.7. The van der Waals surface area contributed by atoms with Crippen LogP contribution in [0.4, 0.5) is 27.6 Å². The average Bonchev–Trinajstić information content (AvgIpc) is 3.09. The molecule has 0 saturated carbocycles. The largest absolute Gasteiger partial charge is 0.493 e. The fourth-order valence-corrected chi connectivity index (χ4v) is 5.41. The summed E-state index contributed by atoms with van der Waals surface area (Å²) in [5.74, 6) is -4.93. The topological polar surface area (TPSA) is 75.0 Å². The number of alkyl halides is 3. The molecule has 0 spiro atoms. The van der Waals surface area contributed by atoms with Gasteiger partial charge in [0.15, 0.2) is 11.6 Å². The van der Waals surface area contributed by atoms with Gasteiger partial charge in [-0.2, -0.15) is 22.8 Å². The zero-order valence-corrected chi connectivity index (χ0v) is 18.3. The molecule has 1 aromatic carbocycles. The van der Waals surface area contributed by atoms with Gasteiger partial charge in [0.1, 0.15) is 15.2 Å². The number of ether oxygens (including phenoxy) is 1. The van der Waals surface area contributed by atoms with Crippen molar-refractivity contribution in [3.05, 3.63) is 47.7 Å². The van der Waals surface area contributed by atoms with Crippen molar-refractivity contribution in [2.45, 2.75) is 40.5 Å². The molecule has 3 atom stereocenters. The smallest absolute Gasteiger partial charge is 0.403 e. The van der Waals surface area contributed by atoms with Crippen LogP contribution in [0.25, 0.3) is 0 Å². The molecular formula is C20H16F5N3O2S2. The number of thioether (sulfide) groups is 2. The quantitative estimate of drug-likeness (QED) is 0.340. The number of benzene rings is 1. The predicted octanol–water partition coefficient (Wildman–Crippen LogP) is 5.49. The Labute approximate surface area is 188 Å². The van der Waals surface area contributed by atoms with Gasteiger partial charge in [-0.05, 0) is 31.5 Å². The summed E-state index contributed by atoms with van der Waals surface area (Å²) < 4.78 is 72.0. The van der Waals surface area contributed by atoms with Gasteiger partial charge in [-0.3, -0.25) is 4.79 Å². The maximum absolute atomic E-state index is 14.3. The number of thiocyanates is 1. The minimum absolute atomic E-state index is 0.0255. The van der Waals surface area contributed by atoms with Crippen LogP contribution in [0.2, 0.25) is 0 Å². The van der Waals surface area contributed by atoms with Crippen molar-refractivity contribution in [3.8, 4) is 11.2 Å². The number of carbonyl (C=O) groups is 1. The van der Waals surface area contributed by atoms with Gasteiger partial charge in [-0.15, -0.1) is 11.8 Å². The number of rotatable bonds is 5. The predicted molar refractivity (Wildman–Crippen MR) is 110 cm³/mol. The molecule has 5 nitrogen and oxygen atoms in total. The Balaban J connectivity index is 2.00. The van der Waals surface area contributed by atoms with Crippen molar-refractivity contribution in [1.82, 2.24) is 4.98 Å². The van der Waals surface area contributed by atoms with Crippen LogP contribution in [0.5, 0.6) is 5.75 Å². The van der Waals surface area contributed by atoms with Gasteiger partial charge < -0.3 is 10.1 Å². The number of nitrogens with zero attached hydrogens (tertiary/aromatic N) is 2. The molecule has 0 unspecified atom stereocenters. The molecule has 0 radical (unpaired) electrons. The number of halogens is 5. The highest BCUT2D eigenvalue weighted by molar-refractivity contribution is 8.03. The Morgan fingerprint density at radius 2 is 2.09 bits per heavy atom. The number of nitriles is 1. The molecule has 2 aromatic rings. The summed E-state index contributed by atoms with van der Waals surface area (Å²) in [7, 11) is 1.08. The molecule has 1 aliphatic rings. The SMILES string of the molecule is COc1c([C@@H]2C[C@](C)(C(F)(F)F)S[C@H]2C(=O)Nc2ccnc(SC#N)c2)ccc(F)c1F. The summed E-state index contributed by atoms with van der Waals surface area (Å²) >= 11 is 1.16. The van der Waals surface area contributed by atoms with E-state index in [-0.39, 0.29) is 11.3 Å². The van der Waals surface area contributed by atoms with E-state index in [1.165, 1.54) is 18.3 Å². The highest BCUT2D eigenvalue weighted by Crippen LogP contribution is 2.59. The Kier molecular flexibility index (Phi) is 6.90. The minimum Gasteiger partial charge on any atom is -0.493 e. The molecule has 12 heteroatoms. The maximum atomic E-state index is 14.3. The van der Waals surface area contributed by atoms with E-state index in [0.29, 0.717) is 16.8 Å². The third-order valence-electron chi connectivity index (χ3n) is 5.06. The monoisotopic (exact) mass is 489 g/mol. The molecule has 32 heavy (non-hydrogen) atoms. The summed E-state index contributed by atoms with van der Waals surface area (Å²) in [6, 6.07) is 4.76. The highest BCUT2D eigenvalue weighted by atomic mass is 32.2. The Hall–Kier alpha value is -2.52. The van der Waals surface area contributed by atoms with Crippen LogP contribution in [-0.4, -0.2) is 34.2 Å². The van der Waals surface area contributed by atoms with E-state index < -0.39 is 51.8 Å². The second-order valence-electron chi connectivity index (χ2n) is 7.13. The lowest BCUT2D eigenvalue weighted by atomic mass is 9.85. The fourth-order valence-electron chi connectivity index (χ4n) is 3.48. The van der Waals surface area contributed by atoms with Crippen LogP contribution >= 0.6 is 23.5 Å². The molecule has 1 N–H and O–H groups in total. The van der Waals surface area contributed by atoms with E-state index in [2.05, 4.69) is 10.3 Å². The molecule has 1 saturated heterocycles. The Bertz CT molecular complexity index is 1080. The van der Waals surface area contributed by atoms with Gasteiger partial charge in [0.05, 0.1) is 12.4 Å². The normalized spacial score (nSPS) is 22.9. The molecular weight excluding hydrogens is 473 g/mol. The van der Waals surface area contributed by atoms with Gasteiger partial charge in [0.2, 0.25) is 11.7 Å². The lowest BCUT2D eigenvalue weighted by molar-refractivity contribution is -0.155. The summed E-state index contributed by atoms with van der Waals surface area (Å²) in [4.78, 5) is 17.0. The van der Waals surface area contributed by atoms with E-state index in [9.17, 15) is 26.7 Å². The van der Waals surface area contributed by atoms with Crippen molar-refractivity contribution in [3.63, 3.8) is 0 Å². The number of carbonyl (C=O) groups excluding carboxylic acids is 1. The molecule has 3 rings (SSSR count). The first-order valence-corrected chi connectivity index (χ1v) is 10.8. The van der Waals surface area contributed by atoms with Crippen LogP contribution in [-0.2, 0) is 4.79 Å². The molecule has 0 bridgehead atoms. The van der Waals surface area contributed by atoms with Crippen molar-refractivity contribution >= 4 is 35.1 Å². The molecule has 170 valence electrons. The molecule has 1 aliphatic heterocycles. The number of aromatic nitrogens is 1. The summed E-state index contributed by atoms with van der Waals surface area (Å²) in [5, 5.41) is 12.1. The van der Waals surface area contributed by atoms with Crippen molar-refractivity contribution in [2.24, 2.45) is 0 Å². The second-order valence-corrected chi connectivity index (χ2v) is 9.58. The van der Waals surface area contributed by atoms with Crippen LogP contribution in [0.15, 0.2) is 35.5 Å². The highest BCUT2D eigenvalue weighted by Gasteiger charge is 2.60. The van der Waals surface area contributed by atoms with Crippen molar-refractivity contribution in [2.75, 3.05) is 12.4 Å². The first kappa shape index (κ1) is 24.1. The first-order chi connectivity index (χ1) is 15.0. The average molecular weight is 489 g/mol. The summed E-state index contributed by atoms with van der Waals surface area (Å²) in [5.41, 5.74) is 0.211. The van der Waals surface area contributed by atoms with Gasteiger partial charge >= 0.3 is 6.18 Å². The van der Waals surface area contributed by atoms with Crippen LogP contribution in [0.3, 0.4) is 0 Å². The van der Waals surface area contributed by atoms with Gasteiger partial charge in [0, 0.05) is 35.1 Å². The number of methoxy groups -OCH3 is 1. The van der Waals surface area contributed by atoms with Crippen molar-refractivity contribution < 1.29 is 31.5 Å². The molecule has 1 fully saturated rings. The minimum atomic E-state index is -4.65. The van der Waals surface area contributed by atoms with Gasteiger partial charge in [-0.1, -0.05) is 6.07 Å². The number of pyridine rings is 1. The van der Waals surface area contributed by atoms with Crippen LogP contribution in [0.1, 0.15) is 24.8 Å². The van der Waals surface area contributed by atoms with E-state index in [4.69, 9.17) is 10.00 Å². The lowest BCUT2D eigenvalue weighted by Gasteiger charge is -2.26. The second kappa shape index (κ2) is 9.15. The van der Waals surface area contributed by atoms with Gasteiger partial charge in [0.25, 0.3) is 0 Å².